The zero-order valence-corrected chi connectivity index (χ0v) is 9.65. The van der Waals surface area contributed by atoms with Gasteiger partial charge in [0.15, 0.2) is 5.70 Å². The highest BCUT2D eigenvalue weighted by atomic mass is 16.5. The van der Waals surface area contributed by atoms with Crippen molar-refractivity contribution in [2.75, 3.05) is 0 Å². The highest BCUT2D eigenvalue weighted by Gasteiger charge is 2.17. The smallest absolute Gasteiger partial charge is 0.205 e. The van der Waals surface area contributed by atoms with Crippen LogP contribution < -0.4 is 4.85 Å². The normalized spacial score (nSPS) is 10.7. The molecule has 0 bridgehead atoms. The summed E-state index contributed by atoms with van der Waals surface area (Å²) in [7, 11) is 0. The van der Waals surface area contributed by atoms with E-state index < -0.39 is 0 Å². The van der Waals surface area contributed by atoms with Crippen LogP contribution >= 0.6 is 0 Å². The Morgan fingerprint density at radius 2 is 1.72 bits per heavy atom. The highest BCUT2D eigenvalue weighted by molar-refractivity contribution is 5.78. The quantitative estimate of drug-likeness (QED) is 0.506. The molecule has 0 atom stereocenters. The van der Waals surface area contributed by atoms with Gasteiger partial charge < -0.3 is 5.21 Å². The first-order valence-electron chi connectivity index (χ1n) is 5.59. The Balaban J connectivity index is 2.19. The molecule has 3 rings (SSSR count). The minimum atomic E-state index is 0.537. The van der Waals surface area contributed by atoms with E-state index in [2.05, 4.69) is 11.8 Å². The molecule has 1 aromatic heterocycles. The first-order valence-corrected chi connectivity index (χ1v) is 5.59. The van der Waals surface area contributed by atoms with Crippen molar-refractivity contribution in [1.29, 1.82) is 0 Å². The van der Waals surface area contributed by atoms with Gasteiger partial charge in [0.05, 0.1) is 0 Å². The fourth-order valence-corrected chi connectivity index (χ4v) is 1.93. The van der Waals surface area contributed by atoms with Gasteiger partial charge in [-0.25, -0.2) is 0 Å². The molecule has 4 nitrogen and oxygen atoms in total. The van der Waals surface area contributed by atoms with Crippen LogP contribution in [0.3, 0.4) is 0 Å². The monoisotopic (exact) mass is 237 g/mol. The average molecular weight is 237 g/mol. The first kappa shape index (κ1) is 10.5. The Morgan fingerprint density at radius 1 is 1.06 bits per heavy atom. The molecule has 4 heteroatoms. The molecule has 1 heterocycles. The lowest BCUT2D eigenvalue weighted by Crippen LogP contribution is -2.29. The summed E-state index contributed by atoms with van der Waals surface area (Å²) in [5.41, 5.74) is 2.91. The molecule has 0 radical (unpaired) electrons. The Labute approximate surface area is 104 Å². The van der Waals surface area contributed by atoms with Crippen molar-refractivity contribution in [2.45, 2.75) is 0 Å². The highest BCUT2D eigenvalue weighted by Crippen LogP contribution is 2.18. The molecular formula is C14H11N3O. The van der Waals surface area contributed by atoms with Crippen LogP contribution in [0.15, 0.2) is 61.2 Å². The van der Waals surface area contributed by atoms with Gasteiger partial charge in [-0.2, -0.15) is 0 Å². The zero-order valence-electron chi connectivity index (χ0n) is 9.65. The minimum Gasteiger partial charge on any atom is -0.691 e. The van der Waals surface area contributed by atoms with Crippen molar-refractivity contribution in [3.8, 4) is 0 Å². The predicted octanol–water partition coefficient (Wildman–Crippen LogP) is 2.19. The van der Waals surface area contributed by atoms with Crippen LogP contribution in [-0.4, -0.2) is 9.90 Å². The van der Waals surface area contributed by atoms with E-state index in [1.165, 1.54) is 0 Å². The van der Waals surface area contributed by atoms with Crippen LogP contribution in [0.5, 0.6) is 0 Å². The maximum absolute atomic E-state index is 11.7. The van der Waals surface area contributed by atoms with Gasteiger partial charge in [0.25, 0.3) is 0 Å². The summed E-state index contributed by atoms with van der Waals surface area (Å²) >= 11 is 0. The fourth-order valence-electron chi connectivity index (χ4n) is 1.93. The van der Waals surface area contributed by atoms with Gasteiger partial charge in [0, 0.05) is 5.56 Å². The first-order chi connectivity index (χ1) is 8.77. The van der Waals surface area contributed by atoms with Crippen molar-refractivity contribution in [3.05, 3.63) is 71.9 Å². The molecule has 0 saturated heterocycles. The molecule has 0 fully saturated rings. The topological polar surface area (TPSA) is 44.8 Å². The number of para-hydroxylation sites is 2. The van der Waals surface area contributed by atoms with Gasteiger partial charge in [-0.3, -0.25) is 0 Å². The Kier molecular flexibility index (Phi) is 2.34. The molecule has 0 aliphatic heterocycles. The van der Waals surface area contributed by atoms with E-state index in [9.17, 15) is 5.21 Å². The van der Waals surface area contributed by atoms with E-state index in [1.54, 1.807) is 10.7 Å². The van der Waals surface area contributed by atoms with Gasteiger partial charge in [-0.05, 0) is 18.7 Å². The minimum absolute atomic E-state index is 0.537. The SMILES string of the molecule is C=C(c1ccccc1)n1n[n+]([O-])c2ccccc21. The largest absolute Gasteiger partial charge is 0.691 e. The third kappa shape index (κ3) is 1.55. The van der Waals surface area contributed by atoms with E-state index >= 15 is 0 Å². The van der Waals surface area contributed by atoms with Crippen molar-refractivity contribution in [2.24, 2.45) is 0 Å². The second kappa shape index (κ2) is 4.00. The lowest BCUT2D eigenvalue weighted by atomic mass is 10.2. The second-order valence-corrected chi connectivity index (χ2v) is 3.98. The van der Waals surface area contributed by atoms with E-state index in [1.807, 2.05) is 48.5 Å². The summed E-state index contributed by atoms with van der Waals surface area (Å²) < 4.78 is 1.57. The molecule has 0 N–H and O–H groups in total. The molecular weight excluding hydrogens is 226 g/mol. The van der Waals surface area contributed by atoms with Crippen LogP contribution in [0, 0.1) is 5.21 Å². The van der Waals surface area contributed by atoms with Crippen molar-refractivity contribution in [3.63, 3.8) is 0 Å². The molecule has 0 aliphatic carbocycles. The van der Waals surface area contributed by atoms with E-state index in [0.717, 1.165) is 11.1 Å². The summed E-state index contributed by atoms with van der Waals surface area (Å²) in [6, 6.07) is 16.9. The Bertz CT molecular complexity index is 716. The number of rotatable bonds is 2. The maximum Gasteiger partial charge on any atom is 0.205 e. The molecule has 0 unspecified atom stereocenters. The van der Waals surface area contributed by atoms with Crippen molar-refractivity contribution >= 4 is 16.7 Å². The molecule has 0 aliphatic rings. The summed E-state index contributed by atoms with van der Waals surface area (Å²) in [6.45, 7) is 4.01. The van der Waals surface area contributed by atoms with Crippen molar-refractivity contribution in [1.82, 2.24) is 9.90 Å². The summed E-state index contributed by atoms with van der Waals surface area (Å²) in [5, 5.41) is 15.6. The molecule has 18 heavy (non-hydrogen) atoms. The second-order valence-electron chi connectivity index (χ2n) is 3.98. The molecule has 0 saturated carbocycles. The zero-order chi connectivity index (χ0) is 12.5. The number of hydrogen-bond donors (Lipinski definition) is 0. The average Bonchev–Trinajstić information content (AvgIpc) is 2.77. The van der Waals surface area contributed by atoms with E-state index in [4.69, 9.17) is 0 Å². The third-order valence-corrected chi connectivity index (χ3v) is 2.85. The van der Waals surface area contributed by atoms with Gasteiger partial charge in [0.2, 0.25) is 11.0 Å². The van der Waals surface area contributed by atoms with Crippen LogP contribution in [-0.2, 0) is 0 Å². The number of aromatic nitrogens is 3. The molecule has 88 valence electrons. The predicted molar refractivity (Wildman–Crippen MR) is 69.6 cm³/mol. The maximum atomic E-state index is 11.7. The number of hydrogen-bond acceptors (Lipinski definition) is 2. The van der Waals surface area contributed by atoms with E-state index in [0.29, 0.717) is 16.1 Å². The Hall–Kier alpha value is -2.62. The third-order valence-electron chi connectivity index (χ3n) is 2.85. The summed E-state index contributed by atoms with van der Waals surface area (Å²) in [4.78, 5) is 0.615. The van der Waals surface area contributed by atoms with E-state index in [-0.39, 0.29) is 0 Å². The van der Waals surface area contributed by atoms with Crippen LogP contribution in [0.2, 0.25) is 0 Å². The molecule has 2 aromatic carbocycles. The Morgan fingerprint density at radius 3 is 2.50 bits per heavy atom. The summed E-state index contributed by atoms with van der Waals surface area (Å²) in [6.07, 6.45) is 0. The van der Waals surface area contributed by atoms with Gasteiger partial charge in [-0.1, -0.05) is 47.1 Å². The molecule has 3 aromatic rings. The molecule has 0 spiro atoms. The number of fused-ring (bicyclic) bond motifs is 1. The fraction of sp³-hybridized carbons (Fsp3) is 0. The van der Waals surface area contributed by atoms with Crippen LogP contribution in [0.4, 0.5) is 0 Å². The number of nitrogens with zero attached hydrogens (tertiary/aromatic N) is 3. The summed E-state index contributed by atoms with van der Waals surface area (Å²) in [5.74, 6) is 0. The standard InChI is InChI=1S/C14H11N3O/c1-11(12-7-3-2-4-8-12)16-13-9-5-6-10-14(13)17(18)15-16/h2-10H,1H2. The van der Waals surface area contributed by atoms with Gasteiger partial charge in [0.1, 0.15) is 5.21 Å². The lowest BCUT2D eigenvalue weighted by molar-refractivity contribution is -0.645. The van der Waals surface area contributed by atoms with Gasteiger partial charge >= 0.3 is 0 Å². The molecule has 0 amide bonds. The van der Waals surface area contributed by atoms with Crippen molar-refractivity contribution < 1.29 is 4.85 Å². The van der Waals surface area contributed by atoms with Crippen LogP contribution in [0.25, 0.3) is 16.7 Å². The lowest BCUT2D eigenvalue weighted by Gasteiger charge is -1.99. The van der Waals surface area contributed by atoms with Gasteiger partial charge in [-0.15, -0.1) is 4.85 Å². The van der Waals surface area contributed by atoms with Crippen LogP contribution in [0.1, 0.15) is 5.56 Å². The number of benzene rings is 2.